The Morgan fingerprint density at radius 3 is 2.03 bits per heavy atom. The second-order valence-electron chi connectivity index (χ2n) is 12.8. The highest BCUT2D eigenvalue weighted by Gasteiger charge is 2.37. The molecule has 0 saturated heterocycles. The van der Waals surface area contributed by atoms with Crippen molar-refractivity contribution in [2.24, 2.45) is 23.2 Å². The fraction of sp³-hybridized carbons (Fsp3) is 0.929. The summed E-state index contributed by atoms with van der Waals surface area (Å²) < 4.78 is 17.5. The van der Waals surface area contributed by atoms with Crippen molar-refractivity contribution in [1.82, 2.24) is 0 Å². The maximum absolute atomic E-state index is 12.7. The molecule has 0 spiro atoms. The molecule has 0 aliphatic carbocycles. The summed E-state index contributed by atoms with van der Waals surface area (Å²) in [5, 5.41) is 0. The van der Waals surface area contributed by atoms with Crippen LogP contribution in [-0.2, 0) is 23.5 Å². The Bertz CT molecular complexity index is 620. The molecule has 0 aromatic rings. The number of rotatable bonds is 19. The van der Waals surface area contributed by atoms with Crippen LogP contribution >= 0.6 is 0 Å². The third-order valence-electron chi connectivity index (χ3n) is 7.46. The van der Waals surface area contributed by atoms with Gasteiger partial charge in [-0.2, -0.15) is 0 Å². The summed E-state index contributed by atoms with van der Waals surface area (Å²) in [4.78, 5) is 25.3. The van der Waals surface area contributed by atoms with Gasteiger partial charge < -0.3 is 13.9 Å². The molecule has 0 aromatic carbocycles. The predicted molar refractivity (Wildman–Crippen MR) is 153 cm³/mol. The van der Waals surface area contributed by atoms with Crippen molar-refractivity contribution in [1.29, 1.82) is 0 Å². The monoisotopic (exact) mass is 530 g/mol. The third kappa shape index (κ3) is 14.6. The molecule has 35 heavy (non-hydrogen) atoms. The lowest BCUT2D eigenvalue weighted by atomic mass is 9.75. The van der Waals surface area contributed by atoms with Crippen molar-refractivity contribution in [3.05, 3.63) is 0 Å². The van der Waals surface area contributed by atoms with Crippen molar-refractivity contribution < 1.29 is 23.5 Å². The molecule has 3 unspecified atom stereocenters. The van der Waals surface area contributed by atoms with Gasteiger partial charge >= 0.3 is 11.9 Å². The van der Waals surface area contributed by atoms with E-state index in [-0.39, 0.29) is 23.8 Å². The number of hydrogen-bond acceptors (Lipinski definition) is 5. The Labute approximate surface area is 219 Å². The lowest BCUT2D eigenvalue weighted by Gasteiger charge is -2.31. The average Bonchev–Trinajstić information content (AvgIpc) is 2.77. The van der Waals surface area contributed by atoms with Crippen molar-refractivity contribution in [2.75, 3.05) is 19.8 Å². The van der Waals surface area contributed by atoms with Crippen LogP contribution in [0.2, 0.25) is 44.3 Å². The highest BCUT2D eigenvalue weighted by molar-refractivity contribution is 6.77. The lowest BCUT2D eigenvalue weighted by molar-refractivity contribution is -0.159. The minimum absolute atomic E-state index is 0.0356. The summed E-state index contributed by atoms with van der Waals surface area (Å²) in [5.74, 6) is -0.242. The van der Waals surface area contributed by atoms with Gasteiger partial charge in [-0.05, 0) is 63.2 Å². The van der Waals surface area contributed by atoms with E-state index in [1.807, 2.05) is 41.5 Å². The maximum atomic E-state index is 12.7. The molecule has 5 nitrogen and oxygen atoms in total. The average molecular weight is 531 g/mol. The van der Waals surface area contributed by atoms with Crippen LogP contribution in [0.5, 0.6) is 0 Å². The molecule has 0 aliphatic rings. The molecule has 0 N–H and O–H groups in total. The van der Waals surface area contributed by atoms with Crippen LogP contribution in [0.1, 0.15) is 80.6 Å². The highest BCUT2D eigenvalue weighted by Crippen LogP contribution is 2.35. The van der Waals surface area contributed by atoms with Crippen molar-refractivity contribution in [3.63, 3.8) is 0 Å². The number of hydrogen-bond donors (Lipinski definition) is 0. The van der Waals surface area contributed by atoms with Crippen LogP contribution < -0.4 is 0 Å². The molecule has 7 heteroatoms. The van der Waals surface area contributed by atoms with Crippen LogP contribution in [0.25, 0.3) is 0 Å². The van der Waals surface area contributed by atoms with E-state index in [1.54, 1.807) is 0 Å². The molecule has 0 radical (unpaired) electrons. The van der Waals surface area contributed by atoms with Gasteiger partial charge in [0.1, 0.15) is 0 Å². The Hall–Kier alpha value is -0.666. The Morgan fingerprint density at radius 1 is 0.857 bits per heavy atom. The van der Waals surface area contributed by atoms with Gasteiger partial charge in [0.05, 0.1) is 24.5 Å². The van der Waals surface area contributed by atoms with Gasteiger partial charge in [0.15, 0.2) is 8.32 Å². The standard InChI is InChI=1S/C28H58O5Si2/c1-12-14-18-34(8,9)20-17-33-35(10,11)19-15-16-31-26(29)25(6)24(5)21-28(7,13-2)27(30)32-22-23(3)4/h23-25H,12-22H2,1-11H3. The maximum Gasteiger partial charge on any atom is 0.311 e. The van der Waals surface area contributed by atoms with Crippen LogP contribution in [-0.4, -0.2) is 48.2 Å². The Balaban J connectivity index is 4.47. The zero-order valence-corrected chi connectivity index (χ0v) is 27.1. The Morgan fingerprint density at radius 2 is 1.49 bits per heavy atom. The first kappa shape index (κ1) is 34.3. The molecule has 3 atom stereocenters. The van der Waals surface area contributed by atoms with E-state index < -0.39 is 21.8 Å². The van der Waals surface area contributed by atoms with Gasteiger partial charge in [0, 0.05) is 14.7 Å². The van der Waals surface area contributed by atoms with E-state index >= 15 is 0 Å². The molecular weight excluding hydrogens is 472 g/mol. The summed E-state index contributed by atoms with van der Waals surface area (Å²) in [6.45, 7) is 25.5. The van der Waals surface area contributed by atoms with E-state index in [1.165, 1.54) is 24.9 Å². The van der Waals surface area contributed by atoms with E-state index in [4.69, 9.17) is 13.9 Å². The Kier molecular flexibility index (Phi) is 15.9. The molecule has 0 aromatic heterocycles. The topological polar surface area (TPSA) is 61.8 Å². The van der Waals surface area contributed by atoms with Gasteiger partial charge in [0.25, 0.3) is 0 Å². The van der Waals surface area contributed by atoms with Crippen LogP contribution in [0.15, 0.2) is 0 Å². The zero-order valence-electron chi connectivity index (χ0n) is 25.1. The van der Waals surface area contributed by atoms with Gasteiger partial charge in [-0.1, -0.05) is 73.5 Å². The predicted octanol–water partition coefficient (Wildman–Crippen LogP) is 7.93. The van der Waals surface area contributed by atoms with E-state index in [2.05, 4.69) is 33.1 Å². The van der Waals surface area contributed by atoms with E-state index in [0.29, 0.717) is 32.0 Å². The summed E-state index contributed by atoms with van der Waals surface area (Å²) in [6.07, 6.45) is 4.76. The minimum atomic E-state index is -1.74. The van der Waals surface area contributed by atoms with Gasteiger partial charge in [0.2, 0.25) is 0 Å². The number of ether oxygens (including phenoxy) is 2. The van der Waals surface area contributed by atoms with E-state index in [9.17, 15) is 9.59 Å². The van der Waals surface area contributed by atoms with E-state index in [0.717, 1.165) is 19.1 Å². The zero-order chi connectivity index (χ0) is 27.3. The molecule has 0 rings (SSSR count). The highest BCUT2D eigenvalue weighted by atomic mass is 28.4. The number of carbonyl (C=O) groups is 2. The quantitative estimate of drug-likeness (QED) is 0.0964. The van der Waals surface area contributed by atoms with Gasteiger partial charge in [-0.25, -0.2) is 0 Å². The second kappa shape index (κ2) is 16.2. The van der Waals surface area contributed by atoms with Crippen LogP contribution in [0.4, 0.5) is 0 Å². The van der Waals surface area contributed by atoms with Crippen molar-refractivity contribution in [2.45, 2.75) is 125 Å². The molecule has 0 saturated carbocycles. The smallest absolute Gasteiger partial charge is 0.311 e. The second-order valence-corrected chi connectivity index (χ2v) is 22.4. The molecular formula is C28H58O5Si2. The molecule has 208 valence electrons. The molecule has 0 fully saturated rings. The first-order chi connectivity index (χ1) is 16.1. The van der Waals surface area contributed by atoms with Crippen LogP contribution in [0.3, 0.4) is 0 Å². The third-order valence-corrected chi connectivity index (χ3v) is 13.3. The summed E-state index contributed by atoms with van der Waals surface area (Å²) in [7, 11) is -2.88. The first-order valence-corrected chi connectivity index (χ1v) is 20.6. The number of esters is 2. The van der Waals surface area contributed by atoms with Crippen molar-refractivity contribution in [3.8, 4) is 0 Å². The molecule has 0 amide bonds. The molecule has 0 bridgehead atoms. The summed E-state index contributed by atoms with van der Waals surface area (Å²) >= 11 is 0. The fourth-order valence-corrected chi connectivity index (χ4v) is 8.38. The summed E-state index contributed by atoms with van der Waals surface area (Å²) in [6, 6.07) is 3.62. The molecule has 0 aliphatic heterocycles. The fourth-order valence-electron chi connectivity index (χ4n) is 4.17. The SMILES string of the molecule is CCCC[Si](C)(C)CCO[Si](C)(C)CCCOC(=O)C(C)C(C)CC(C)(CC)C(=O)OCC(C)C. The largest absolute Gasteiger partial charge is 0.465 e. The van der Waals surface area contributed by atoms with Gasteiger partial charge in [-0.3, -0.25) is 9.59 Å². The van der Waals surface area contributed by atoms with Gasteiger partial charge in [-0.15, -0.1) is 0 Å². The number of carbonyl (C=O) groups excluding carboxylic acids is 2. The van der Waals surface area contributed by atoms with Crippen molar-refractivity contribution >= 4 is 28.3 Å². The van der Waals surface area contributed by atoms with Crippen LogP contribution in [0, 0.1) is 23.2 Å². The lowest BCUT2D eigenvalue weighted by Crippen LogP contribution is -2.35. The molecule has 0 heterocycles. The summed E-state index contributed by atoms with van der Waals surface area (Å²) in [5.41, 5.74) is -0.580. The number of unbranched alkanes of at least 4 members (excludes halogenated alkanes) is 1. The minimum Gasteiger partial charge on any atom is -0.465 e. The first-order valence-electron chi connectivity index (χ1n) is 14.1. The normalized spacial score (nSPS) is 16.0.